The molecule has 1 aromatic carbocycles. The number of benzene rings is 1. The zero-order chi connectivity index (χ0) is 17.9. The van der Waals surface area contributed by atoms with E-state index in [1.807, 2.05) is 12.1 Å². The molecule has 5 nitrogen and oxygen atoms in total. The summed E-state index contributed by atoms with van der Waals surface area (Å²) in [6.45, 7) is 2.46. The first-order chi connectivity index (χ1) is 12.2. The highest BCUT2D eigenvalue weighted by molar-refractivity contribution is 9.10. The number of aliphatic imine (C=N–C) groups is 1. The molecule has 0 aliphatic heterocycles. The van der Waals surface area contributed by atoms with Gasteiger partial charge in [0.2, 0.25) is 0 Å². The van der Waals surface area contributed by atoms with Crippen molar-refractivity contribution in [1.82, 2.24) is 10.6 Å². The highest BCUT2D eigenvalue weighted by atomic mass is 79.9. The molecule has 0 atom stereocenters. The molecule has 25 heavy (non-hydrogen) atoms. The molecule has 1 heterocycles. The fourth-order valence-electron chi connectivity index (χ4n) is 2.22. The van der Waals surface area contributed by atoms with E-state index >= 15 is 0 Å². The molecule has 0 fully saturated rings. The Kier molecular flexibility index (Phi) is 8.48. The molecular weight excluding hydrogens is 389 g/mol. The van der Waals surface area contributed by atoms with Crippen molar-refractivity contribution in [2.75, 3.05) is 26.7 Å². The van der Waals surface area contributed by atoms with Gasteiger partial charge in [0, 0.05) is 31.2 Å². The van der Waals surface area contributed by atoms with Crippen LogP contribution in [-0.2, 0) is 17.8 Å². The molecule has 2 N–H and O–H groups in total. The van der Waals surface area contributed by atoms with Gasteiger partial charge in [-0.05, 0) is 48.7 Å². The second-order valence-electron chi connectivity index (χ2n) is 5.40. The summed E-state index contributed by atoms with van der Waals surface area (Å²) >= 11 is 3.36. The third kappa shape index (κ3) is 7.27. The monoisotopic (exact) mass is 411 g/mol. The van der Waals surface area contributed by atoms with Crippen LogP contribution in [0.1, 0.15) is 17.7 Å². The smallest absolute Gasteiger partial charge is 0.190 e. The molecule has 0 saturated carbocycles. The average molecular weight is 412 g/mol. The normalized spacial score (nSPS) is 11.6. The van der Waals surface area contributed by atoms with E-state index in [9.17, 15) is 4.39 Å². The summed E-state index contributed by atoms with van der Waals surface area (Å²) in [5.74, 6) is 1.33. The SMILES string of the molecule is CN=C(NCCCOCc1ccco1)NCCc1cc(Br)ccc1F. The maximum Gasteiger partial charge on any atom is 0.190 e. The van der Waals surface area contributed by atoms with E-state index in [0.717, 1.165) is 23.2 Å². The maximum absolute atomic E-state index is 13.7. The summed E-state index contributed by atoms with van der Waals surface area (Å²) in [6.07, 6.45) is 3.07. The van der Waals surface area contributed by atoms with E-state index in [4.69, 9.17) is 9.15 Å². The minimum atomic E-state index is -0.193. The van der Waals surface area contributed by atoms with Gasteiger partial charge >= 0.3 is 0 Å². The molecular formula is C18H23BrFN3O2. The highest BCUT2D eigenvalue weighted by Gasteiger charge is 2.04. The lowest BCUT2D eigenvalue weighted by atomic mass is 10.1. The highest BCUT2D eigenvalue weighted by Crippen LogP contribution is 2.15. The van der Waals surface area contributed by atoms with E-state index < -0.39 is 0 Å². The predicted octanol–water partition coefficient (Wildman–Crippen LogP) is 3.50. The molecule has 2 aromatic rings. The quantitative estimate of drug-likeness (QED) is 0.376. The van der Waals surface area contributed by atoms with Gasteiger partial charge in [0.05, 0.1) is 6.26 Å². The van der Waals surface area contributed by atoms with Crippen molar-refractivity contribution in [1.29, 1.82) is 0 Å². The number of nitrogens with one attached hydrogen (secondary N) is 2. The fourth-order valence-corrected chi connectivity index (χ4v) is 2.63. The number of halogens is 2. The minimum absolute atomic E-state index is 0.193. The second kappa shape index (κ2) is 10.9. The third-order valence-corrected chi connectivity index (χ3v) is 3.99. The van der Waals surface area contributed by atoms with Gasteiger partial charge in [-0.15, -0.1) is 0 Å². The Hall–Kier alpha value is -1.86. The molecule has 1 aromatic heterocycles. The molecule has 0 spiro atoms. The molecule has 0 radical (unpaired) electrons. The van der Waals surface area contributed by atoms with Crippen LogP contribution in [0.4, 0.5) is 4.39 Å². The molecule has 0 aliphatic carbocycles. The van der Waals surface area contributed by atoms with Crippen LogP contribution in [0.5, 0.6) is 0 Å². The molecule has 0 aliphatic rings. The summed E-state index contributed by atoms with van der Waals surface area (Å²) in [4.78, 5) is 4.15. The summed E-state index contributed by atoms with van der Waals surface area (Å²) in [5.41, 5.74) is 0.670. The standard InChI is InChI=1S/C18H23BrFN3O2/c1-21-18(22-8-3-10-24-13-16-4-2-11-25-16)23-9-7-14-12-15(19)5-6-17(14)20/h2,4-6,11-12H,3,7-10,13H2,1H3,(H2,21,22,23). The van der Waals surface area contributed by atoms with Gasteiger partial charge in [0.25, 0.3) is 0 Å². The van der Waals surface area contributed by atoms with Crippen molar-refractivity contribution in [3.8, 4) is 0 Å². The largest absolute Gasteiger partial charge is 0.467 e. The van der Waals surface area contributed by atoms with Crippen LogP contribution < -0.4 is 10.6 Å². The average Bonchev–Trinajstić information content (AvgIpc) is 3.12. The zero-order valence-corrected chi connectivity index (χ0v) is 15.8. The Balaban J connectivity index is 1.58. The molecule has 0 saturated heterocycles. The van der Waals surface area contributed by atoms with E-state index in [-0.39, 0.29) is 5.82 Å². The zero-order valence-electron chi connectivity index (χ0n) is 14.2. The molecule has 136 valence electrons. The second-order valence-corrected chi connectivity index (χ2v) is 6.31. The Morgan fingerprint density at radius 2 is 2.12 bits per heavy atom. The van der Waals surface area contributed by atoms with Crippen molar-refractivity contribution >= 4 is 21.9 Å². The first kappa shape index (κ1) is 19.5. The van der Waals surface area contributed by atoms with Gasteiger partial charge < -0.3 is 19.8 Å². The van der Waals surface area contributed by atoms with Crippen LogP contribution in [0.25, 0.3) is 0 Å². The van der Waals surface area contributed by atoms with Crippen molar-refractivity contribution in [2.45, 2.75) is 19.4 Å². The maximum atomic E-state index is 13.7. The number of guanidine groups is 1. The number of rotatable bonds is 9. The fraction of sp³-hybridized carbons (Fsp3) is 0.389. The van der Waals surface area contributed by atoms with Crippen molar-refractivity contribution in [3.63, 3.8) is 0 Å². The topological polar surface area (TPSA) is 58.8 Å². The number of hydrogen-bond donors (Lipinski definition) is 2. The molecule has 0 amide bonds. The Morgan fingerprint density at radius 3 is 2.88 bits per heavy atom. The van der Waals surface area contributed by atoms with Crippen molar-refractivity contribution in [2.24, 2.45) is 4.99 Å². The van der Waals surface area contributed by atoms with Gasteiger partial charge in [-0.1, -0.05) is 15.9 Å². The number of furan rings is 1. The number of nitrogens with zero attached hydrogens (tertiary/aromatic N) is 1. The predicted molar refractivity (Wildman–Crippen MR) is 100 cm³/mol. The van der Waals surface area contributed by atoms with Crippen LogP contribution in [0.3, 0.4) is 0 Å². The summed E-state index contributed by atoms with van der Waals surface area (Å²) in [6, 6.07) is 8.69. The summed E-state index contributed by atoms with van der Waals surface area (Å²) in [7, 11) is 1.71. The summed E-state index contributed by atoms with van der Waals surface area (Å²) in [5, 5.41) is 6.39. The van der Waals surface area contributed by atoms with E-state index in [2.05, 4.69) is 31.6 Å². The lowest BCUT2D eigenvalue weighted by Crippen LogP contribution is -2.39. The number of ether oxygens (including phenoxy) is 1. The minimum Gasteiger partial charge on any atom is -0.467 e. The van der Waals surface area contributed by atoms with Gasteiger partial charge in [-0.3, -0.25) is 4.99 Å². The Morgan fingerprint density at radius 1 is 1.28 bits per heavy atom. The Bertz CT molecular complexity index is 662. The van der Waals surface area contributed by atoms with E-state index in [1.54, 1.807) is 25.4 Å². The van der Waals surface area contributed by atoms with E-state index in [0.29, 0.717) is 37.7 Å². The van der Waals surface area contributed by atoms with Crippen LogP contribution >= 0.6 is 15.9 Å². The molecule has 0 unspecified atom stereocenters. The van der Waals surface area contributed by atoms with Crippen LogP contribution in [-0.4, -0.2) is 32.7 Å². The van der Waals surface area contributed by atoms with Crippen LogP contribution in [0.15, 0.2) is 50.5 Å². The number of hydrogen-bond acceptors (Lipinski definition) is 3. The summed E-state index contributed by atoms with van der Waals surface area (Å²) < 4.78 is 25.3. The van der Waals surface area contributed by atoms with Crippen molar-refractivity contribution < 1.29 is 13.5 Å². The first-order valence-corrected chi connectivity index (χ1v) is 8.97. The molecule has 7 heteroatoms. The molecule has 0 bridgehead atoms. The Labute approximate surface area is 155 Å². The van der Waals surface area contributed by atoms with Gasteiger partial charge in [0.1, 0.15) is 18.2 Å². The first-order valence-electron chi connectivity index (χ1n) is 8.17. The molecule has 2 rings (SSSR count). The van der Waals surface area contributed by atoms with Gasteiger partial charge in [-0.2, -0.15) is 0 Å². The lowest BCUT2D eigenvalue weighted by Gasteiger charge is -2.12. The van der Waals surface area contributed by atoms with Gasteiger partial charge in [0.15, 0.2) is 5.96 Å². The van der Waals surface area contributed by atoms with Gasteiger partial charge in [-0.25, -0.2) is 4.39 Å². The van der Waals surface area contributed by atoms with E-state index in [1.165, 1.54) is 6.07 Å². The lowest BCUT2D eigenvalue weighted by molar-refractivity contribution is 0.105. The van der Waals surface area contributed by atoms with Crippen molar-refractivity contribution in [3.05, 3.63) is 58.2 Å². The third-order valence-electron chi connectivity index (χ3n) is 3.50. The van der Waals surface area contributed by atoms with Crippen LogP contribution in [0.2, 0.25) is 0 Å². The van der Waals surface area contributed by atoms with Crippen LogP contribution in [0, 0.1) is 5.82 Å².